The molecule has 10 nitrogen and oxygen atoms in total. The van der Waals surface area contributed by atoms with Crippen molar-refractivity contribution < 1.29 is 33.8 Å². The Balaban J connectivity index is 1.57. The molecule has 3 amide bonds. The number of esters is 1. The molecular formula is C30H37N3O7. The Morgan fingerprint density at radius 2 is 1.85 bits per heavy atom. The number of ether oxygens (including phenoxy) is 2. The van der Waals surface area contributed by atoms with Crippen molar-refractivity contribution in [3.05, 3.63) is 60.2 Å². The van der Waals surface area contributed by atoms with Crippen molar-refractivity contribution in [1.29, 1.82) is 0 Å². The van der Waals surface area contributed by atoms with Gasteiger partial charge in [-0.1, -0.05) is 54.6 Å². The fourth-order valence-corrected chi connectivity index (χ4v) is 6.50. The Bertz CT molecular complexity index is 1210. The number of amides is 3. The van der Waals surface area contributed by atoms with Crippen molar-refractivity contribution in [1.82, 2.24) is 15.1 Å². The monoisotopic (exact) mass is 551 g/mol. The van der Waals surface area contributed by atoms with E-state index in [9.17, 15) is 24.3 Å². The Kier molecular flexibility index (Phi) is 7.83. The summed E-state index contributed by atoms with van der Waals surface area (Å²) in [5, 5.41) is 12.8. The van der Waals surface area contributed by atoms with E-state index in [0.29, 0.717) is 12.0 Å². The van der Waals surface area contributed by atoms with E-state index < -0.39 is 53.6 Å². The molecule has 1 aromatic carbocycles. The van der Waals surface area contributed by atoms with Gasteiger partial charge >= 0.3 is 5.97 Å². The zero-order valence-electron chi connectivity index (χ0n) is 23.1. The van der Waals surface area contributed by atoms with E-state index in [0.717, 1.165) is 0 Å². The van der Waals surface area contributed by atoms with Crippen molar-refractivity contribution in [3.8, 4) is 0 Å². The summed E-state index contributed by atoms with van der Waals surface area (Å²) in [5.41, 5.74) is -0.638. The molecule has 10 heteroatoms. The van der Waals surface area contributed by atoms with Gasteiger partial charge in [-0.05, 0) is 32.8 Å². The second-order valence-corrected chi connectivity index (χ2v) is 11.2. The molecule has 1 spiro atoms. The molecule has 7 atom stereocenters. The van der Waals surface area contributed by atoms with Crippen LogP contribution in [0.3, 0.4) is 0 Å². The first-order chi connectivity index (χ1) is 19.2. The first-order valence-electron chi connectivity index (χ1n) is 14.0. The lowest BCUT2D eigenvalue weighted by Gasteiger charge is -2.37. The molecule has 214 valence electrons. The largest absolute Gasteiger partial charge is 0.455 e. The van der Waals surface area contributed by atoms with Gasteiger partial charge in [0.05, 0.1) is 24.7 Å². The number of fused-ring (bicyclic) bond motifs is 2. The lowest BCUT2D eigenvalue weighted by molar-refractivity contribution is -0.161. The van der Waals surface area contributed by atoms with Gasteiger partial charge in [0.1, 0.15) is 23.7 Å². The highest BCUT2D eigenvalue weighted by Crippen LogP contribution is 2.55. The van der Waals surface area contributed by atoms with Crippen LogP contribution in [0.4, 0.5) is 0 Å². The molecule has 5 rings (SSSR count). The number of nitrogens with one attached hydrogen (secondary N) is 1. The predicted molar refractivity (Wildman–Crippen MR) is 144 cm³/mol. The van der Waals surface area contributed by atoms with Crippen molar-refractivity contribution in [2.75, 3.05) is 19.7 Å². The number of nitrogens with zero attached hydrogens (tertiary/aromatic N) is 2. The number of allylic oxidation sites excluding steroid dienone is 1. The summed E-state index contributed by atoms with van der Waals surface area (Å²) in [4.78, 5) is 57.7. The summed E-state index contributed by atoms with van der Waals surface area (Å²) < 4.78 is 12.5. The van der Waals surface area contributed by atoms with E-state index in [-0.39, 0.29) is 44.0 Å². The second-order valence-electron chi connectivity index (χ2n) is 11.2. The van der Waals surface area contributed by atoms with Gasteiger partial charge in [0.2, 0.25) is 17.7 Å². The SMILES string of the molecule is CC(C)N1C/C=C\CCC(=O)N[C@H](C)[C@@H](c2ccccc2)OC(=O)[C@@H]2[C@@H]3C=C[C@]4(O3)[C@H](C1=O)N(CCO)C(=O)[C@@H]24. The van der Waals surface area contributed by atoms with Gasteiger partial charge in [-0.2, -0.15) is 0 Å². The fraction of sp³-hybridized carbons (Fsp3) is 0.533. The number of cyclic esters (lactones) is 1. The highest BCUT2D eigenvalue weighted by atomic mass is 16.6. The summed E-state index contributed by atoms with van der Waals surface area (Å²) in [7, 11) is 0. The number of hydrogen-bond acceptors (Lipinski definition) is 7. The van der Waals surface area contributed by atoms with Gasteiger partial charge in [0, 0.05) is 25.6 Å². The maximum absolute atomic E-state index is 14.1. The number of aliphatic hydroxyl groups is 1. The van der Waals surface area contributed by atoms with Crippen molar-refractivity contribution >= 4 is 23.7 Å². The molecule has 2 saturated heterocycles. The first kappa shape index (κ1) is 28.0. The number of benzene rings is 1. The number of carbonyl (C=O) groups excluding carboxylic acids is 4. The van der Waals surface area contributed by atoms with E-state index in [1.54, 1.807) is 24.0 Å². The standard InChI is InChI=1S/C30H37N3O7/c1-18(2)32-15-9-5-8-12-22(35)31-19(3)25(20-10-6-4-7-11-20)39-29(38)23-21-13-14-30(40-21)24(23)27(36)33(16-17-34)26(30)28(32)37/h4-7,9-11,13-14,18-19,21,23-26,34H,8,12,15-17H2,1-3H3,(H,31,35)/b9-5-/t19-,21+,23-,24-,25+,26+,30-/m1/s1. The first-order valence-corrected chi connectivity index (χ1v) is 14.0. The summed E-state index contributed by atoms with van der Waals surface area (Å²) in [6.45, 7) is 5.44. The third-order valence-electron chi connectivity index (χ3n) is 8.35. The number of likely N-dealkylation sites (tertiary alicyclic amines) is 1. The number of carbonyl (C=O) groups is 4. The molecule has 1 aromatic rings. The average molecular weight is 552 g/mol. The molecule has 0 aromatic heterocycles. The number of β-amino-alcohol motifs (C(OH)–C–C–N with tert-alkyl or cyclic N) is 1. The van der Waals surface area contributed by atoms with Gasteiger partial charge < -0.3 is 29.7 Å². The predicted octanol–water partition coefficient (Wildman–Crippen LogP) is 1.51. The minimum absolute atomic E-state index is 0.0609. The molecule has 0 aliphatic carbocycles. The minimum atomic E-state index is -1.34. The molecule has 4 aliphatic rings. The topological polar surface area (TPSA) is 125 Å². The van der Waals surface area contributed by atoms with Gasteiger partial charge in [0.15, 0.2) is 0 Å². The number of aliphatic hydroxyl groups excluding tert-OH is 1. The molecule has 0 radical (unpaired) electrons. The van der Waals surface area contributed by atoms with Crippen molar-refractivity contribution in [2.45, 2.75) is 69.5 Å². The van der Waals surface area contributed by atoms with Crippen LogP contribution in [0.1, 0.15) is 45.3 Å². The fourth-order valence-electron chi connectivity index (χ4n) is 6.50. The quantitative estimate of drug-likeness (QED) is 0.429. The highest BCUT2D eigenvalue weighted by molar-refractivity contribution is 5.99. The van der Waals surface area contributed by atoms with Gasteiger partial charge in [-0.15, -0.1) is 0 Å². The smallest absolute Gasteiger partial charge is 0.313 e. The summed E-state index contributed by atoms with van der Waals surface area (Å²) >= 11 is 0. The maximum atomic E-state index is 14.1. The molecule has 40 heavy (non-hydrogen) atoms. The summed E-state index contributed by atoms with van der Waals surface area (Å²) in [6, 6.07) is 7.38. The van der Waals surface area contributed by atoms with Crippen LogP contribution in [-0.4, -0.2) is 88.1 Å². The van der Waals surface area contributed by atoms with Crippen LogP contribution in [0, 0.1) is 11.8 Å². The second kappa shape index (κ2) is 11.2. The zero-order chi connectivity index (χ0) is 28.6. The van der Waals surface area contributed by atoms with Crippen LogP contribution in [0.25, 0.3) is 0 Å². The molecule has 0 unspecified atom stereocenters. The van der Waals surface area contributed by atoms with Crippen LogP contribution in [0.2, 0.25) is 0 Å². The van der Waals surface area contributed by atoms with Crippen LogP contribution < -0.4 is 5.32 Å². The Morgan fingerprint density at radius 1 is 1.10 bits per heavy atom. The van der Waals surface area contributed by atoms with Gasteiger partial charge in [-0.25, -0.2) is 0 Å². The zero-order valence-corrected chi connectivity index (χ0v) is 23.1. The van der Waals surface area contributed by atoms with E-state index in [2.05, 4.69) is 5.32 Å². The Labute approximate surface area is 234 Å². The maximum Gasteiger partial charge on any atom is 0.313 e. The van der Waals surface area contributed by atoms with Crippen molar-refractivity contribution in [2.24, 2.45) is 11.8 Å². The molecule has 2 N–H and O–H groups in total. The van der Waals surface area contributed by atoms with Crippen molar-refractivity contribution in [3.63, 3.8) is 0 Å². The third-order valence-corrected chi connectivity index (χ3v) is 8.35. The molecular weight excluding hydrogens is 514 g/mol. The Hall–Kier alpha value is -3.50. The van der Waals surface area contributed by atoms with Gasteiger partial charge in [0.25, 0.3) is 0 Å². The molecule has 2 fully saturated rings. The summed E-state index contributed by atoms with van der Waals surface area (Å²) in [6.07, 6.45) is 6.34. The van der Waals surface area contributed by atoms with E-state index in [1.165, 1.54) is 4.90 Å². The summed E-state index contributed by atoms with van der Waals surface area (Å²) in [5.74, 6) is -3.51. The highest BCUT2D eigenvalue weighted by Gasteiger charge is 2.73. The third kappa shape index (κ3) is 4.73. The van der Waals surface area contributed by atoms with E-state index in [1.807, 2.05) is 56.3 Å². The molecule has 4 heterocycles. The lowest BCUT2D eigenvalue weighted by atomic mass is 9.74. The Morgan fingerprint density at radius 3 is 2.55 bits per heavy atom. The normalized spacial score (nSPS) is 35.2. The molecule has 5 bridgehead atoms. The van der Waals surface area contributed by atoms with Gasteiger partial charge in [-0.3, -0.25) is 19.2 Å². The van der Waals surface area contributed by atoms with Crippen LogP contribution >= 0.6 is 0 Å². The molecule has 4 aliphatic heterocycles. The van der Waals surface area contributed by atoms with E-state index >= 15 is 0 Å². The average Bonchev–Trinajstić information content (AvgIpc) is 3.56. The van der Waals surface area contributed by atoms with E-state index in [4.69, 9.17) is 9.47 Å². The lowest BCUT2D eigenvalue weighted by Crippen LogP contribution is -2.57. The molecule has 0 saturated carbocycles. The van der Waals surface area contributed by atoms with Crippen LogP contribution in [-0.2, 0) is 28.7 Å². The minimum Gasteiger partial charge on any atom is -0.455 e. The number of rotatable bonds is 4. The van der Waals surface area contributed by atoms with Crippen LogP contribution in [0.5, 0.6) is 0 Å². The van der Waals surface area contributed by atoms with Crippen LogP contribution in [0.15, 0.2) is 54.6 Å². The number of hydrogen-bond donors (Lipinski definition) is 2.